The molecule has 1 aromatic rings. The van der Waals surface area contributed by atoms with Crippen LogP contribution >= 0.6 is 12.2 Å². The molecule has 52 valence electrons. The van der Waals surface area contributed by atoms with Crippen molar-refractivity contribution in [3.63, 3.8) is 0 Å². The summed E-state index contributed by atoms with van der Waals surface area (Å²) >= 11 is 4.51. The predicted octanol–water partition coefficient (Wildman–Crippen LogP) is -0.354. The van der Waals surface area contributed by atoms with Gasteiger partial charge in [0.1, 0.15) is 0 Å². The monoisotopic (exact) mass is 155 g/mol. The van der Waals surface area contributed by atoms with Gasteiger partial charge in [0.15, 0.2) is 0 Å². The summed E-state index contributed by atoms with van der Waals surface area (Å²) in [4.78, 5) is 4.84. The van der Waals surface area contributed by atoms with Gasteiger partial charge in [0.05, 0.1) is 0 Å². The third-order valence-electron chi connectivity index (χ3n) is 0.884. The van der Waals surface area contributed by atoms with E-state index in [9.17, 15) is 0 Å². The summed E-state index contributed by atoms with van der Waals surface area (Å²) in [5, 5.41) is 0.0104. The molecule has 3 nitrogen and oxygen atoms in total. The van der Waals surface area contributed by atoms with E-state index >= 15 is 0 Å². The fourth-order valence-electron chi connectivity index (χ4n) is 0.548. The van der Waals surface area contributed by atoms with Gasteiger partial charge in [0.2, 0.25) is 12.4 Å². The number of pyridine rings is 1. The standard InChI is InChI=1S/C6H6N2OS/c7-6(10)9-8-4-2-1-3-5-8/h1-5H,(H-,7,10)/p+1. The Hall–Kier alpha value is -1.16. The molecule has 1 rings (SSSR count). The summed E-state index contributed by atoms with van der Waals surface area (Å²) < 4.78 is 1.43. The van der Waals surface area contributed by atoms with E-state index in [2.05, 4.69) is 12.2 Å². The van der Waals surface area contributed by atoms with Crippen molar-refractivity contribution in [1.29, 1.82) is 0 Å². The molecule has 0 aliphatic rings. The van der Waals surface area contributed by atoms with Crippen LogP contribution in [0.1, 0.15) is 0 Å². The van der Waals surface area contributed by atoms with Crippen molar-refractivity contribution in [2.45, 2.75) is 0 Å². The van der Waals surface area contributed by atoms with E-state index in [1.807, 2.05) is 18.2 Å². The molecule has 10 heavy (non-hydrogen) atoms. The van der Waals surface area contributed by atoms with E-state index in [4.69, 9.17) is 10.6 Å². The minimum Gasteiger partial charge on any atom is -0.354 e. The molecule has 0 aliphatic carbocycles. The maximum absolute atomic E-state index is 5.11. The molecule has 0 amide bonds. The van der Waals surface area contributed by atoms with Gasteiger partial charge in [0.25, 0.3) is 0 Å². The number of nitrogens with zero attached hydrogens (tertiary/aromatic N) is 1. The molecular formula is C6H7N2OS+. The second-order valence-corrected chi connectivity index (χ2v) is 2.05. The van der Waals surface area contributed by atoms with Crippen LogP contribution in [0, 0.1) is 0 Å². The number of nitrogens with two attached hydrogens (primary N) is 1. The number of aromatic nitrogens is 1. The smallest absolute Gasteiger partial charge is 0.333 e. The van der Waals surface area contributed by atoms with Gasteiger partial charge in [0, 0.05) is 16.9 Å². The van der Waals surface area contributed by atoms with Crippen LogP contribution in [0.4, 0.5) is 0 Å². The zero-order chi connectivity index (χ0) is 7.40. The Kier molecular flexibility index (Phi) is 2.17. The van der Waals surface area contributed by atoms with Crippen LogP contribution in [0.15, 0.2) is 30.6 Å². The van der Waals surface area contributed by atoms with Crippen molar-refractivity contribution >= 4 is 17.4 Å². The van der Waals surface area contributed by atoms with Crippen molar-refractivity contribution in [3.05, 3.63) is 30.6 Å². The normalized spacial score (nSPS) is 8.80. The van der Waals surface area contributed by atoms with Crippen LogP contribution in [0.3, 0.4) is 0 Å². The Balaban J connectivity index is 2.67. The Labute approximate surface area is 64.0 Å². The summed E-state index contributed by atoms with van der Waals surface area (Å²) in [6.07, 6.45) is 3.42. The van der Waals surface area contributed by atoms with E-state index < -0.39 is 0 Å². The quantitative estimate of drug-likeness (QED) is 0.445. The zero-order valence-corrected chi connectivity index (χ0v) is 6.04. The summed E-state index contributed by atoms with van der Waals surface area (Å²) in [6, 6.07) is 5.51. The highest BCUT2D eigenvalue weighted by molar-refractivity contribution is 7.80. The first-order valence-corrected chi connectivity index (χ1v) is 3.14. The summed E-state index contributed by atoms with van der Waals surface area (Å²) in [6.45, 7) is 0. The van der Waals surface area contributed by atoms with Gasteiger partial charge < -0.3 is 5.73 Å². The van der Waals surface area contributed by atoms with Crippen molar-refractivity contribution in [2.75, 3.05) is 0 Å². The first-order valence-electron chi connectivity index (χ1n) is 2.73. The van der Waals surface area contributed by atoms with Crippen molar-refractivity contribution in [2.24, 2.45) is 5.73 Å². The molecule has 0 atom stereocenters. The van der Waals surface area contributed by atoms with E-state index in [0.29, 0.717) is 0 Å². The Bertz CT molecular complexity index is 224. The Morgan fingerprint density at radius 3 is 2.40 bits per heavy atom. The van der Waals surface area contributed by atoms with Crippen LogP contribution in [-0.4, -0.2) is 5.17 Å². The number of rotatable bonds is 1. The number of hydrogen-bond acceptors (Lipinski definition) is 2. The molecule has 0 unspecified atom stereocenters. The molecule has 0 saturated heterocycles. The highest BCUT2D eigenvalue weighted by Gasteiger charge is 1.98. The topological polar surface area (TPSA) is 39.1 Å². The largest absolute Gasteiger partial charge is 0.354 e. The molecule has 0 radical (unpaired) electrons. The number of hydrogen-bond donors (Lipinski definition) is 1. The molecule has 0 fully saturated rings. The van der Waals surface area contributed by atoms with Gasteiger partial charge >= 0.3 is 5.17 Å². The third kappa shape index (κ3) is 1.99. The predicted molar refractivity (Wildman–Crippen MR) is 40.0 cm³/mol. The average Bonchev–Trinajstić information content (AvgIpc) is 1.88. The second-order valence-electron chi connectivity index (χ2n) is 1.65. The van der Waals surface area contributed by atoms with Gasteiger partial charge in [-0.25, -0.2) is 4.84 Å². The van der Waals surface area contributed by atoms with Gasteiger partial charge in [-0.2, -0.15) is 0 Å². The fourth-order valence-corrected chi connectivity index (χ4v) is 0.634. The highest BCUT2D eigenvalue weighted by Crippen LogP contribution is 1.73. The van der Waals surface area contributed by atoms with Crippen LogP contribution in [-0.2, 0) is 0 Å². The first kappa shape index (κ1) is 6.95. The minimum atomic E-state index is 0.0104. The van der Waals surface area contributed by atoms with Gasteiger partial charge in [-0.15, -0.1) is 0 Å². The van der Waals surface area contributed by atoms with Gasteiger partial charge in [-0.1, -0.05) is 6.07 Å². The Morgan fingerprint density at radius 1 is 1.30 bits per heavy atom. The maximum atomic E-state index is 5.11. The first-order chi connectivity index (χ1) is 4.79. The van der Waals surface area contributed by atoms with Crippen LogP contribution < -0.4 is 15.3 Å². The molecule has 0 spiro atoms. The summed E-state index contributed by atoms with van der Waals surface area (Å²) in [5.41, 5.74) is 5.11. The van der Waals surface area contributed by atoms with E-state index in [1.165, 1.54) is 4.73 Å². The van der Waals surface area contributed by atoms with E-state index in [0.717, 1.165) is 0 Å². The Morgan fingerprint density at radius 2 is 1.90 bits per heavy atom. The lowest BCUT2D eigenvalue weighted by atomic mass is 10.5. The van der Waals surface area contributed by atoms with Gasteiger partial charge in [-0.3, -0.25) is 0 Å². The molecule has 0 aromatic carbocycles. The van der Waals surface area contributed by atoms with Crippen LogP contribution in [0.2, 0.25) is 0 Å². The highest BCUT2D eigenvalue weighted by atomic mass is 32.1. The molecular weight excluding hydrogens is 148 g/mol. The van der Waals surface area contributed by atoms with Crippen LogP contribution in [0.5, 0.6) is 0 Å². The van der Waals surface area contributed by atoms with Crippen molar-refractivity contribution in [3.8, 4) is 0 Å². The van der Waals surface area contributed by atoms with E-state index in [-0.39, 0.29) is 5.17 Å². The number of thiocarbonyl (C=S) groups is 1. The van der Waals surface area contributed by atoms with Crippen molar-refractivity contribution < 1.29 is 9.57 Å². The second kappa shape index (κ2) is 3.12. The van der Waals surface area contributed by atoms with Gasteiger partial charge in [-0.05, 0) is 12.2 Å². The lowest BCUT2D eigenvalue weighted by Crippen LogP contribution is -2.47. The van der Waals surface area contributed by atoms with Crippen molar-refractivity contribution in [1.82, 2.24) is 0 Å². The molecule has 2 N–H and O–H groups in total. The molecule has 0 aliphatic heterocycles. The zero-order valence-electron chi connectivity index (χ0n) is 5.23. The lowest BCUT2D eigenvalue weighted by Gasteiger charge is -1.90. The lowest BCUT2D eigenvalue weighted by molar-refractivity contribution is -0.865. The summed E-state index contributed by atoms with van der Waals surface area (Å²) in [5.74, 6) is 0. The molecule has 0 bridgehead atoms. The third-order valence-corrected chi connectivity index (χ3v) is 0.958. The molecule has 1 aromatic heterocycles. The molecule has 1 heterocycles. The molecule has 0 saturated carbocycles. The minimum absolute atomic E-state index is 0.0104. The summed E-state index contributed by atoms with van der Waals surface area (Å²) in [7, 11) is 0. The van der Waals surface area contributed by atoms with E-state index in [1.54, 1.807) is 12.4 Å². The SMILES string of the molecule is NC(=S)O[n+]1ccccc1. The maximum Gasteiger partial charge on any atom is 0.333 e. The fraction of sp³-hybridized carbons (Fsp3) is 0. The average molecular weight is 155 g/mol. The van der Waals surface area contributed by atoms with Crippen LogP contribution in [0.25, 0.3) is 0 Å². The molecule has 4 heteroatoms.